The molecule has 1 amide bonds. The predicted molar refractivity (Wildman–Crippen MR) is 132 cm³/mol. The molecule has 0 fully saturated rings. The number of amidine groups is 2. The van der Waals surface area contributed by atoms with Crippen LogP contribution in [0.25, 0.3) is 11.0 Å². The normalized spacial score (nSPS) is 16.9. The number of hydrogen-bond acceptors (Lipinski definition) is 9. The van der Waals surface area contributed by atoms with Crippen molar-refractivity contribution < 1.29 is 9.53 Å². The number of carbonyl (C=O) groups is 1. The molecule has 0 aliphatic carbocycles. The van der Waals surface area contributed by atoms with E-state index in [0.717, 1.165) is 15.6 Å². The predicted octanol–water partition coefficient (Wildman–Crippen LogP) is 3.31. The monoisotopic (exact) mass is 493 g/mol. The van der Waals surface area contributed by atoms with Crippen molar-refractivity contribution in [1.82, 2.24) is 19.6 Å². The van der Waals surface area contributed by atoms with E-state index in [1.165, 1.54) is 38.7 Å². The van der Waals surface area contributed by atoms with Gasteiger partial charge in [-0.15, -0.1) is 0 Å². The number of benzene rings is 1. The van der Waals surface area contributed by atoms with Crippen molar-refractivity contribution in [2.24, 2.45) is 16.0 Å². The Balaban J connectivity index is 1.30. The quantitative estimate of drug-likeness (QED) is 0.541. The lowest BCUT2D eigenvalue weighted by Gasteiger charge is -2.20. The fourth-order valence-electron chi connectivity index (χ4n) is 3.25. The highest BCUT2D eigenvalue weighted by atomic mass is 32.2. The van der Waals surface area contributed by atoms with E-state index in [1.807, 2.05) is 20.8 Å². The van der Waals surface area contributed by atoms with Crippen molar-refractivity contribution in [2.45, 2.75) is 27.4 Å². The van der Waals surface area contributed by atoms with Gasteiger partial charge in [-0.05, 0) is 42.5 Å². The largest absolute Gasteiger partial charge is 0.487 e. The Hall–Kier alpha value is -3.64. The summed E-state index contributed by atoms with van der Waals surface area (Å²) in [6.07, 6.45) is 1.62. The number of nitrogens with zero attached hydrogens (tertiary/aromatic N) is 6. The zero-order valence-corrected chi connectivity index (χ0v) is 20.1. The van der Waals surface area contributed by atoms with Gasteiger partial charge < -0.3 is 4.74 Å². The van der Waals surface area contributed by atoms with E-state index in [0.29, 0.717) is 21.6 Å². The summed E-state index contributed by atoms with van der Waals surface area (Å²) in [5.74, 6) is 0.306. The average Bonchev–Trinajstić information content (AvgIpc) is 3.39. The van der Waals surface area contributed by atoms with Crippen LogP contribution >= 0.6 is 23.1 Å². The van der Waals surface area contributed by atoms with Crippen LogP contribution in [0.4, 0.5) is 0 Å². The Morgan fingerprint density at radius 3 is 2.71 bits per heavy atom. The van der Waals surface area contributed by atoms with Crippen LogP contribution in [-0.4, -0.2) is 41.6 Å². The zero-order valence-electron chi connectivity index (χ0n) is 18.5. The van der Waals surface area contributed by atoms with Crippen LogP contribution in [0.1, 0.15) is 30.1 Å². The number of nitrogens with one attached hydrogen (secondary N) is 1. The topological polar surface area (TPSA) is 125 Å². The minimum Gasteiger partial charge on any atom is -0.487 e. The van der Waals surface area contributed by atoms with Crippen molar-refractivity contribution in [3.05, 3.63) is 62.5 Å². The molecule has 3 aromatic rings. The number of ether oxygens (including phenoxy) is 1. The van der Waals surface area contributed by atoms with E-state index in [4.69, 9.17) is 10.1 Å². The van der Waals surface area contributed by atoms with E-state index < -0.39 is 5.91 Å². The van der Waals surface area contributed by atoms with Crippen molar-refractivity contribution in [2.75, 3.05) is 0 Å². The molecule has 0 unspecified atom stereocenters. The summed E-state index contributed by atoms with van der Waals surface area (Å²) in [7, 11) is 0. The standard InChI is InChI=1S/C22H19N7O3S2/c1-11(2)20-27-29-18(23)16(19(31)25-22(29)34-20)8-13-4-6-15(7-5-13)32-10-14-9-17(30)28-21(24-14)33-12(3)26-28/h4-9,11,23H,10H2,1-3H3/b16-8-,23-18?. The van der Waals surface area contributed by atoms with Gasteiger partial charge >= 0.3 is 0 Å². The molecule has 2 aromatic heterocycles. The highest BCUT2D eigenvalue weighted by Crippen LogP contribution is 2.30. The van der Waals surface area contributed by atoms with Crippen LogP contribution in [-0.2, 0) is 11.4 Å². The number of carbonyl (C=O) groups excluding carboxylic acids is 1. The maximum absolute atomic E-state index is 12.5. The molecule has 0 spiro atoms. The lowest BCUT2D eigenvalue weighted by molar-refractivity contribution is -0.114. The lowest BCUT2D eigenvalue weighted by Crippen LogP contribution is -2.35. The third-order valence-electron chi connectivity index (χ3n) is 4.94. The summed E-state index contributed by atoms with van der Waals surface area (Å²) in [5, 5.41) is 20.4. The second-order valence-corrected chi connectivity index (χ2v) is 10.0. The molecule has 1 N–H and O–H groups in total. The molecule has 12 heteroatoms. The highest BCUT2D eigenvalue weighted by Gasteiger charge is 2.36. The third-order valence-corrected chi connectivity index (χ3v) is 6.97. The number of aryl methyl sites for hydroxylation is 1. The Labute approximate surface area is 202 Å². The van der Waals surface area contributed by atoms with E-state index in [2.05, 4.69) is 20.2 Å². The number of thioether (sulfide) groups is 1. The molecule has 0 saturated carbocycles. The molecule has 4 heterocycles. The molecule has 2 aliphatic heterocycles. The first-order chi connectivity index (χ1) is 16.3. The molecule has 1 aromatic carbocycles. The molecule has 5 rings (SSSR count). The maximum Gasteiger partial charge on any atom is 0.283 e. The molecule has 0 bridgehead atoms. The molecule has 2 aliphatic rings. The van der Waals surface area contributed by atoms with Crippen molar-refractivity contribution >= 4 is 56.1 Å². The number of hydrogen-bond donors (Lipinski definition) is 1. The summed E-state index contributed by atoms with van der Waals surface area (Å²) >= 11 is 2.66. The van der Waals surface area contributed by atoms with Gasteiger partial charge in [-0.25, -0.2) is 4.98 Å². The Bertz CT molecular complexity index is 1480. The SMILES string of the molecule is Cc1nn2c(=O)cc(COc3ccc(/C=C4/C(=N)N5N=C(C(C)C)SC5=NC4=O)cc3)nc2s1. The Kier molecular flexibility index (Phi) is 5.62. The van der Waals surface area contributed by atoms with Gasteiger partial charge in [-0.1, -0.05) is 37.3 Å². The summed E-state index contributed by atoms with van der Waals surface area (Å²) < 4.78 is 7.05. The Morgan fingerprint density at radius 1 is 1.21 bits per heavy atom. The summed E-state index contributed by atoms with van der Waals surface area (Å²) in [6, 6.07) is 8.47. The van der Waals surface area contributed by atoms with Crippen LogP contribution in [0.5, 0.6) is 5.75 Å². The van der Waals surface area contributed by atoms with Crippen molar-refractivity contribution in [3.8, 4) is 5.75 Å². The minimum atomic E-state index is -0.463. The fraction of sp³-hybridized carbons (Fsp3) is 0.227. The van der Waals surface area contributed by atoms with Crippen LogP contribution in [0.15, 0.2) is 50.8 Å². The first kappa shape index (κ1) is 22.2. The molecular formula is C22H19N7O3S2. The molecule has 10 nitrogen and oxygen atoms in total. The second kappa shape index (κ2) is 8.61. The number of rotatable bonds is 5. The third kappa shape index (κ3) is 4.17. The van der Waals surface area contributed by atoms with Gasteiger partial charge in [-0.2, -0.15) is 24.7 Å². The average molecular weight is 494 g/mol. The maximum atomic E-state index is 12.5. The van der Waals surface area contributed by atoms with Gasteiger partial charge in [0.2, 0.25) is 10.1 Å². The van der Waals surface area contributed by atoms with Gasteiger partial charge in [0.1, 0.15) is 22.4 Å². The van der Waals surface area contributed by atoms with Gasteiger partial charge in [0.25, 0.3) is 11.5 Å². The van der Waals surface area contributed by atoms with Crippen molar-refractivity contribution in [1.29, 1.82) is 5.41 Å². The van der Waals surface area contributed by atoms with Crippen LogP contribution < -0.4 is 10.3 Å². The number of aliphatic imine (C=N–C) groups is 1. The van der Waals surface area contributed by atoms with Crippen molar-refractivity contribution in [3.63, 3.8) is 0 Å². The molecular weight excluding hydrogens is 474 g/mol. The van der Waals surface area contributed by atoms with E-state index in [-0.39, 0.29) is 29.5 Å². The molecule has 172 valence electrons. The molecule has 0 radical (unpaired) electrons. The highest BCUT2D eigenvalue weighted by molar-refractivity contribution is 8.27. The zero-order chi connectivity index (χ0) is 24.0. The Morgan fingerprint density at radius 2 is 1.97 bits per heavy atom. The second-order valence-electron chi connectivity index (χ2n) is 7.87. The van der Waals surface area contributed by atoms with Gasteiger partial charge in [0, 0.05) is 12.0 Å². The number of hydrazone groups is 1. The minimum absolute atomic E-state index is 0.00420. The lowest BCUT2D eigenvalue weighted by atomic mass is 10.1. The number of amides is 1. The van der Waals surface area contributed by atoms with E-state index in [9.17, 15) is 9.59 Å². The first-order valence-electron chi connectivity index (χ1n) is 10.4. The molecule has 34 heavy (non-hydrogen) atoms. The van der Waals surface area contributed by atoms with Crippen LogP contribution in [0.2, 0.25) is 0 Å². The van der Waals surface area contributed by atoms with Crippen LogP contribution in [0, 0.1) is 18.3 Å². The van der Waals surface area contributed by atoms with E-state index in [1.54, 1.807) is 30.3 Å². The fourth-order valence-corrected chi connectivity index (χ4v) is 4.91. The molecule has 0 saturated heterocycles. The van der Waals surface area contributed by atoms with Gasteiger partial charge in [-0.3, -0.25) is 15.0 Å². The van der Waals surface area contributed by atoms with Gasteiger partial charge in [0.15, 0.2) is 5.84 Å². The number of aromatic nitrogens is 3. The molecule has 0 atom stereocenters. The smallest absolute Gasteiger partial charge is 0.283 e. The van der Waals surface area contributed by atoms with Gasteiger partial charge in [0.05, 0.1) is 11.3 Å². The summed E-state index contributed by atoms with van der Waals surface area (Å²) in [4.78, 5) is 33.7. The van der Waals surface area contributed by atoms with E-state index >= 15 is 0 Å². The number of fused-ring (bicyclic) bond motifs is 2. The summed E-state index contributed by atoms with van der Waals surface area (Å²) in [6.45, 7) is 5.96. The first-order valence-corrected chi connectivity index (χ1v) is 12.0. The van der Waals surface area contributed by atoms with Crippen LogP contribution in [0.3, 0.4) is 0 Å². The summed E-state index contributed by atoms with van der Waals surface area (Å²) in [5.41, 5.74) is 1.16.